The summed E-state index contributed by atoms with van der Waals surface area (Å²) in [6.45, 7) is 5.66. The van der Waals surface area contributed by atoms with Crippen molar-refractivity contribution in [1.29, 1.82) is 0 Å². The first-order valence-electron chi connectivity index (χ1n) is 6.97. The third-order valence-electron chi connectivity index (χ3n) is 3.36. The van der Waals surface area contributed by atoms with E-state index in [1.165, 1.54) is 11.3 Å². The molecule has 2 rings (SSSR count). The molecule has 114 valence electrons. The fourth-order valence-electron chi connectivity index (χ4n) is 2.13. The quantitative estimate of drug-likeness (QED) is 0.763. The Hall–Kier alpha value is -0.470. The Bertz CT molecular complexity index is 507. The van der Waals surface area contributed by atoms with Gasteiger partial charge in [-0.2, -0.15) is 0 Å². The van der Waals surface area contributed by atoms with Crippen LogP contribution in [-0.2, 0) is 21.3 Å². The van der Waals surface area contributed by atoms with Crippen molar-refractivity contribution in [2.75, 3.05) is 26.3 Å². The zero-order valence-corrected chi connectivity index (χ0v) is 13.4. The van der Waals surface area contributed by atoms with Crippen LogP contribution >= 0.6 is 11.3 Å². The lowest BCUT2D eigenvalue weighted by atomic mass is 10.1. The van der Waals surface area contributed by atoms with Crippen LogP contribution in [0.1, 0.15) is 24.6 Å². The SMILES string of the molecule is CCNCc1cc(S(=O)(=O)NCCC2CCOC2)cs1. The predicted molar refractivity (Wildman–Crippen MR) is 80.4 cm³/mol. The summed E-state index contributed by atoms with van der Waals surface area (Å²) >= 11 is 1.47. The molecule has 7 heteroatoms. The zero-order valence-electron chi connectivity index (χ0n) is 11.7. The summed E-state index contributed by atoms with van der Waals surface area (Å²) in [5.41, 5.74) is 0. The lowest BCUT2D eigenvalue weighted by Gasteiger charge is -2.08. The highest BCUT2D eigenvalue weighted by atomic mass is 32.2. The molecule has 20 heavy (non-hydrogen) atoms. The Morgan fingerprint density at radius 2 is 2.35 bits per heavy atom. The van der Waals surface area contributed by atoms with E-state index < -0.39 is 10.0 Å². The molecule has 0 bridgehead atoms. The molecule has 1 atom stereocenters. The van der Waals surface area contributed by atoms with Gasteiger partial charge < -0.3 is 10.1 Å². The number of sulfonamides is 1. The van der Waals surface area contributed by atoms with Gasteiger partial charge in [-0.25, -0.2) is 13.1 Å². The first-order chi connectivity index (χ1) is 9.62. The van der Waals surface area contributed by atoms with Crippen molar-refractivity contribution in [3.05, 3.63) is 16.3 Å². The molecular weight excluding hydrogens is 296 g/mol. The molecule has 0 aliphatic carbocycles. The second-order valence-corrected chi connectivity index (χ2v) is 7.71. The fraction of sp³-hybridized carbons (Fsp3) is 0.692. The molecule has 2 N–H and O–H groups in total. The number of hydrogen-bond donors (Lipinski definition) is 2. The van der Waals surface area contributed by atoms with Crippen molar-refractivity contribution in [2.45, 2.75) is 31.2 Å². The summed E-state index contributed by atoms with van der Waals surface area (Å²) in [5.74, 6) is 0.490. The van der Waals surface area contributed by atoms with E-state index in [0.29, 0.717) is 17.4 Å². The standard InChI is InChI=1S/C13H22N2O3S2/c1-2-14-8-12-7-13(10-19-12)20(16,17)15-5-3-11-4-6-18-9-11/h7,10-11,14-15H,2-6,8-9H2,1H3. The molecule has 1 aromatic heterocycles. The molecule has 2 heterocycles. The van der Waals surface area contributed by atoms with Gasteiger partial charge in [0.05, 0.1) is 4.90 Å². The summed E-state index contributed by atoms with van der Waals surface area (Å²) in [6.07, 6.45) is 1.88. The first kappa shape index (κ1) is 15.9. The molecule has 1 unspecified atom stereocenters. The van der Waals surface area contributed by atoms with E-state index in [1.54, 1.807) is 11.4 Å². The largest absolute Gasteiger partial charge is 0.381 e. The number of nitrogens with one attached hydrogen (secondary N) is 2. The summed E-state index contributed by atoms with van der Waals surface area (Å²) < 4.78 is 32.2. The molecule has 5 nitrogen and oxygen atoms in total. The average Bonchev–Trinajstić information content (AvgIpc) is 3.07. The smallest absolute Gasteiger partial charge is 0.241 e. The van der Waals surface area contributed by atoms with Crippen LogP contribution in [0.15, 0.2) is 16.3 Å². The van der Waals surface area contributed by atoms with Gasteiger partial charge in [-0.05, 0) is 31.4 Å². The molecule has 0 saturated carbocycles. The van der Waals surface area contributed by atoms with Gasteiger partial charge in [-0.15, -0.1) is 11.3 Å². The third-order valence-corrected chi connectivity index (χ3v) is 5.88. The second-order valence-electron chi connectivity index (χ2n) is 4.95. The van der Waals surface area contributed by atoms with Gasteiger partial charge in [0, 0.05) is 36.6 Å². The molecule has 1 aliphatic rings. The average molecular weight is 318 g/mol. The first-order valence-corrected chi connectivity index (χ1v) is 9.33. The molecule has 1 fully saturated rings. The van der Waals surface area contributed by atoms with Crippen molar-refractivity contribution in [3.63, 3.8) is 0 Å². The predicted octanol–water partition coefficient (Wildman–Crippen LogP) is 1.56. The maximum Gasteiger partial charge on any atom is 0.241 e. The maximum absolute atomic E-state index is 12.1. The molecule has 0 radical (unpaired) electrons. The van der Waals surface area contributed by atoms with Gasteiger partial charge in [0.15, 0.2) is 0 Å². The van der Waals surface area contributed by atoms with Gasteiger partial charge in [-0.3, -0.25) is 0 Å². The lowest BCUT2D eigenvalue weighted by Crippen LogP contribution is -2.26. The van der Waals surface area contributed by atoms with Crippen molar-refractivity contribution in [3.8, 4) is 0 Å². The number of ether oxygens (including phenoxy) is 1. The van der Waals surface area contributed by atoms with E-state index in [0.717, 1.165) is 44.0 Å². The van der Waals surface area contributed by atoms with Crippen LogP contribution in [0.25, 0.3) is 0 Å². The van der Waals surface area contributed by atoms with E-state index in [1.807, 2.05) is 6.92 Å². The molecule has 1 aromatic rings. The van der Waals surface area contributed by atoms with Gasteiger partial charge in [-0.1, -0.05) is 6.92 Å². The molecule has 0 spiro atoms. The highest BCUT2D eigenvalue weighted by Crippen LogP contribution is 2.20. The van der Waals surface area contributed by atoms with Crippen LogP contribution in [0.4, 0.5) is 0 Å². The minimum absolute atomic E-state index is 0.373. The minimum Gasteiger partial charge on any atom is -0.381 e. The van der Waals surface area contributed by atoms with E-state index in [9.17, 15) is 8.42 Å². The van der Waals surface area contributed by atoms with Gasteiger partial charge in [0.25, 0.3) is 0 Å². The van der Waals surface area contributed by atoms with E-state index in [-0.39, 0.29) is 0 Å². The van der Waals surface area contributed by atoms with Crippen LogP contribution in [0.3, 0.4) is 0 Å². The van der Waals surface area contributed by atoms with Crippen LogP contribution in [0, 0.1) is 5.92 Å². The second kappa shape index (κ2) is 7.51. The van der Waals surface area contributed by atoms with Gasteiger partial charge in [0.2, 0.25) is 10.0 Å². The van der Waals surface area contributed by atoms with Crippen LogP contribution < -0.4 is 10.0 Å². The molecule has 0 aromatic carbocycles. The summed E-state index contributed by atoms with van der Waals surface area (Å²) in [6, 6.07) is 1.74. The third kappa shape index (κ3) is 4.53. The topological polar surface area (TPSA) is 67.4 Å². The molecule has 0 amide bonds. The van der Waals surface area contributed by atoms with Gasteiger partial charge >= 0.3 is 0 Å². The van der Waals surface area contributed by atoms with Crippen molar-refractivity contribution in [1.82, 2.24) is 10.0 Å². The zero-order chi connectivity index (χ0) is 14.4. The fourth-order valence-corrected chi connectivity index (χ4v) is 4.43. The van der Waals surface area contributed by atoms with Gasteiger partial charge in [0.1, 0.15) is 0 Å². The van der Waals surface area contributed by atoms with E-state index >= 15 is 0 Å². The number of hydrogen-bond acceptors (Lipinski definition) is 5. The maximum atomic E-state index is 12.1. The number of rotatable bonds is 8. The molecular formula is C13H22N2O3S2. The minimum atomic E-state index is -3.36. The summed E-state index contributed by atoms with van der Waals surface area (Å²) in [7, 11) is -3.36. The Kier molecular flexibility index (Phi) is 5.98. The Morgan fingerprint density at radius 3 is 3.05 bits per heavy atom. The van der Waals surface area contributed by atoms with Crippen LogP contribution in [0.2, 0.25) is 0 Å². The van der Waals surface area contributed by atoms with Crippen molar-refractivity contribution < 1.29 is 13.2 Å². The number of thiophene rings is 1. The Balaban J connectivity index is 1.83. The lowest BCUT2D eigenvalue weighted by molar-refractivity contribution is 0.184. The molecule has 1 aliphatic heterocycles. The van der Waals surface area contributed by atoms with E-state index in [4.69, 9.17) is 4.74 Å². The van der Waals surface area contributed by atoms with Crippen LogP contribution in [0.5, 0.6) is 0 Å². The highest BCUT2D eigenvalue weighted by Gasteiger charge is 2.19. The normalized spacial score (nSPS) is 19.6. The van der Waals surface area contributed by atoms with E-state index in [2.05, 4.69) is 10.0 Å². The van der Waals surface area contributed by atoms with Crippen molar-refractivity contribution >= 4 is 21.4 Å². The van der Waals surface area contributed by atoms with Crippen LogP contribution in [-0.4, -0.2) is 34.7 Å². The Labute approximate surface area is 124 Å². The van der Waals surface area contributed by atoms with Crippen molar-refractivity contribution in [2.24, 2.45) is 5.92 Å². The summed E-state index contributed by atoms with van der Waals surface area (Å²) in [5, 5.41) is 4.89. The molecule has 1 saturated heterocycles. The summed E-state index contributed by atoms with van der Waals surface area (Å²) in [4.78, 5) is 1.41. The highest BCUT2D eigenvalue weighted by molar-refractivity contribution is 7.89. The Morgan fingerprint density at radius 1 is 1.50 bits per heavy atom. The monoisotopic (exact) mass is 318 g/mol.